The first-order chi connectivity index (χ1) is 11.8. The highest BCUT2D eigenvalue weighted by molar-refractivity contribution is 7.98. The van der Waals surface area contributed by atoms with Crippen LogP contribution in [0.15, 0.2) is 41.7 Å². The molecule has 3 aromatic rings. The first kappa shape index (κ1) is 15.4. The minimum Gasteiger partial charge on any atom is -0.370 e. The summed E-state index contributed by atoms with van der Waals surface area (Å²) >= 11 is 1.57. The molecule has 1 aromatic carbocycles. The van der Waals surface area contributed by atoms with Crippen molar-refractivity contribution in [2.24, 2.45) is 0 Å². The SMILES string of the molecule is Nn1c(SCc2cccc3cccnc23)nnc1[C@@H]1CCCCO1. The summed E-state index contributed by atoms with van der Waals surface area (Å²) in [5.41, 5.74) is 2.18. The largest absolute Gasteiger partial charge is 0.370 e. The third kappa shape index (κ3) is 2.97. The molecule has 3 heterocycles. The van der Waals surface area contributed by atoms with E-state index in [1.54, 1.807) is 16.4 Å². The Labute approximate surface area is 144 Å². The second kappa shape index (κ2) is 6.78. The Bertz CT molecular complexity index is 839. The molecule has 1 aliphatic rings. The summed E-state index contributed by atoms with van der Waals surface area (Å²) < 4.78 is 7.32. The molecule has 1 saturated heterocycles. The lowest BCUT2D eigenvalue weighted by atomic mass is 10.1. The Morgan fingerprint density at radius 2 is 2.12 bits per heavy atom. The number of fused-ring (bicyclic) bond motifs is 1. The fourth-order valence-corrected chi connectivity index (χ4v) is 3.83. The van der Waals surface area contributed by atoms with Gasteiger partial charge < -0.3 is 10.6 Å². The van der Waals surface area contributed by atoms with Crippen molar-refractivity contribution in [1.82, 2.24) is 19.9 Å². The first-order valence-corrected chi connectivity index (χ1v) is 9.09. The van der Waals surface area contributed by atoms with Gasteiger partial charge in [0.05, 0.1) is 5.52 Å². The van der Waals surface area contributed by atoms with Crippen LogP contribution in [0.4, 0.5) is 0 Å². The molecule has 0 amide bonds. The van der Waals surface area contributed by atoms with E-state index >= 15 is 0 Å². The molecule has 4 rings (SSSR count). The summed E-state index contributed by atoms with van der Waals surface area (Å²) in [7, 11) is 0. The van der Waals surface area contributed by atoms with Gasteiger partial charge in [-0.05, 0) is 30.9 Å². The Hall–Kier alpha value is -2.12. The number of pyridine rings is 1. The summed E-state index contributed by atoms with van der Waals surface area (Å²) in [5.74, 6) is 7.65. The summed E-state index contributed by atoms with van der Waals surface area (Å²) in [5, 5.41) is 10.3. The lowest BCUT2D eigenvalue weighted by Crippen LogP contribution is -2.21. The molecular formula is C17H19N5OS. The Balaban J connectivity index is 1.52. The molecule has 2 aromatic heterocycles. The number of para-hydroxylation sites is 1. The lowest BCUT2D eigenvalue weighted by Gasteiger charge is -2.21. The van der Waals surface area contributed by atoms with Gasteiger partial charge >= 0.3 is 0 Å². The Morgan fingerprint density at radius 1 is 1.21 bits per heavy atom. The summed E-state index contributed by atoms with van der Waals surface area (Å²) in [6.07, 6.45) is 4.98. The predicted octanol–water partition coefficient (Wildman–Crippen LogP) is 3.07. The van der Waals surface area contributed by atoms with Gasteiger partial charge in [-0.15, -0.1) is 10.2 Å². The van der Waals surface area contributed by atoms with Crippen LogP contribution >= 0.6 is 11.8 Å². The molecule has 0 saturated carbocycles. The maximum Gasteiger partial charge on any atom is 0.210 e. The van der Waals surface area contributed by atoms with E-state index in [9.17, 15) is 0 Å². The third-order valence-electron chi connectivity index (χ3n) is 4.23. The number of benzene rings is 1. The van der Waals surface area contributed by atoms with Crippen molar-refractivity contribution in [2.75, 3.05) is 12.4 Å². The summed E-state index contributed by atoms with van der Waals surface area (Å²) in [6, 6.07) is 10.2. The van der Waals surface area contributed by atoms with Gasteiger partial charge in [-0.25, -0.2) is 4.68 Å². The van der Waals surface area contributed by atoms with Crippen molar-refractivity contribution in [3.63, 3.8) is 0 Å². The maximum absolute atomic E-state index is 6.19. The lowest BCUT2D eigenvalue weighted by molar-refractivity contribution is 0.00780. The zero-order valence-electron chi connectivity index (χ0n) is 13.3. The highest BCUT2D eigenvalue weighted by Crippen LogP contribution is 2.29. The van der Waals surface area contributed by atoms with Gasteiger partial charge in [-0.1, -0.05) is 36.0 Å². The van der Waals surface area contributed by atoms with E-state index in [2.05, 4.69) is 33.4 Å². The number of aromatic nitrogens is 4. The van der Waals surface area contributed by atoms with E-state index in [0.29, 0.717) is 11.0 Å². The topological polar surface area (TPSA) is 78.9 Å². The molecule has 6 nitrogen and oxygen atoms in total. The average molecular weight is 341 g/mol. The van der Waals surface area contributed by atoms with Crippen molar-refractivity contribution in [2.45, 2.75) is 36.3 Å². The van der Waals surface area contributed by atoms with E-state index in [1.807, 2.05) is 18.3 Å². The number of hydrogen-bond donors (Lipinski definition) is 1. The van der Waals surface area contributed by atoms with Crippen LogP contribution < -0.4 is 5.84 Å². The van der Waals surface area contributed by atoms with Gasteiger partial charge in [-0.3, -0.25) is 4.98 Å². The number of hydrogen-bond acceptors (Lipinski definition) is 6. The van der Waals surface area contributed by atoms with Gasteiger partial charge in [0.1, 0.15) is 6.10 Å². The molecule has 1 aliphatic heterocycles. The number of ether oxygens (including phenoxy) is 1. The fraction of sp³-hybridized carbons (Fsp3) is 0.353. The van der Waals surface area contributed by atoms with Gasteiger partial charge in [0.2, 0.25) is 5.16 Å². The number of thioether (sulfide) groups is 1. The quantitative estimate of drug-likeness (QED) is 0.580. The van der Waals surface area contributed by atoms with Gasteiger partial charge in [-0.2, -0.15) is 0 Å². The van der Waals surface area contributed by atoms with E-state index in [-0.39, 0.29) is 6.10 Å². The minimum absolute atomic E-state index is 0.0372. The molecule has 1 fully saturated rings. The van der Waals surface area contributed by atoms with E-state index < -0.39 is 0 Å². The monoisotopic (exact) mass is 341 g/mol. The summed E-state index contributed by atoms with van der Waals surface area (Å²) in [6.45, 7) is 0.766. The van der Waals surface area contributed by atoms with Gasteiger partial charge in [0.15, 0.2) is 5.82 Å². The highest BCUT2D eigenvalue weighted by atomic mass is 32.2. The first-order valence-electron chi connectivity index (χ1n) is 8.10. The number of rotatable bonds is 4. The molecule has 0 unspecified atom stereocenters. The Morgan fingerprint density at radius 3 is 3.00 bits per heavy atom. The zero-order chi connectivity index (χ0) is 16.4. The molecule has 0 bridgehead atoms. The molecule has 0 radical (unpaired) electrons. The maximum atomic E-state index is 6.19. The van der Waals surface area contributed by atoms with Crippen LogP contribution in [0.3, 0.4) is 0 Å². The van der Waals surface area contributed by atoms with Crippen LogP contribution in [0.25, 0.3) is 10.9 Å². The second-order valence-corrected chi connectivity index (χ2v) is 6.79. The van der Waals surface area contributed by atoms with E-state index in [1.165, 1.54) is 0 Å². The smallest absolute Gasteiger partial charge is 0.210 e. The molecular weight excluding hydrogens is 322 g/mol. The second-order valence-electron chi connectivity index (χ2n) is 5.85. The number of nitrogens with two attached hydrogens (primary N) is 1. The van der Waals surface area contributed by atoms with Crippen molar-refractivity contribution in [1.29, 1.82) is 0 Å². The average Bonchev–Trinajstić information content (AvgIpc) is 3.01. The third-order valence-corrected chi connectivity index (χ3v) is 5.22. The van der Waals surface area contributed by atoms with Gasteiger partial charge in [0, 0.05) is 23.9 Å². The normalized spacial score (nSPS) is 18.1. The highest BCUT2D eigenvalue weighted by Gasteiger charge is 2.23. The van der Waals surface area contributed by atoms with Crippen LogP contribution in [0.1, 0.15) is 36.8 Å². The molecule has 24 heavy (non-hydrogen) atoms. The molecule has 124 valence electrons. The van der Waals surface area contributed by atoms with Gasteiger partial charge in [0.25, 0.3) is 0 Å². The summed E-state index contributed by atoms with van der Waals surface area (Å²) in [4.78, 5) is 4.49. The standard InChI is InChI=1S/C17H19N5OS/c18-22-16(14-8-1-2-10-23-14)20-21-17(22)24-11-13-6-3-5-12-7-4-9-19-15(12)13/h3-7,9,14H,1-2,8,10-11,18H2/t14-/m0/s1. The van der Waals surface area contributed by atoms with E-state index in [0.717, 1.165) is 48.1 Å². The van der Waals surface area contributed by atoms with Crippen molar-refractivity contribution in [3.8, 4) is 0 Å². The van der Waals surface area contributed by atoms with Crippen molar-refractivity contribution >= 4 is 22.7 Å². The fourth-order valence-electron chi connectivity index (χ4n) is 2.98. The van der Waals surface area contributed by atoms with Crippen LogP contribution in [-0.4, -0.2) is 26.5 Å². The zero-order valence-corrected chi connectivity index (χ0v) is 14.1. The van der Waals surface area contributed by atoms with Crippen LogP contribution in [-0.2, 0) is 10.5 Å². The molecule has 0 spiro atoms. The Kier molecular flexibility index (Phi) is 4.36. The van der Waals surface area contributed by atoms with Crippen LogP contribution in [0.5, 0.6) is 0 Å². The molecule has 1 atom stereocenters. The molecule has 2 N–H and O–H groups in total. The molecule has 7 heteroatoms. The number of nitrogen functional groups attached to an aromatic ring is 1. The van der Waals surface area contributed by atoms with Crippen LogP contribution in [0, 0.1) is 0 Å². The number of nitrogens with zero attached hydrogens (tertiary/aromatic N) is 4. The minimum atomic E-state index is -0.0372. The predicted molar refractivity (Wildman–Crippen MR) is 94.0 cm³/mol. The molecule has 0 aliphatic carbocycles. The van der Waals surface area contributed by atoms with Crippen molar-refractivity contribution < 1.29 is 4.74 Å². The van der Waals surface area contributed by atoms with Crippen LogP contribution in [0.2, 0.25) is 0 Å². The van der Waals surface area contributed by atoms with E-state index in [4.69, 9.17) is 10.6 Å². The van der Waals surface area contributed by atoms with Crippen molar-refractivity contribution in [3.05, 3.63) is 47.9 Å².